The predicted octanol–water partition coefficient (Wildman–Crippen LogP) is 3.26. The maximum absolute atomic E-state index is 6.00. The summed E-state index contributed by atoms with van der Waals surface area (Å²) >= 11 is 0. The van der Waals surface area contributed by atoms with Crippen molar-refractivity contribution in [2.75, 3.05) is 19.6 Å². The van der Waals surface area contributed by atoms with Gasteiger partial charge in [0.1, 0.15) is 0 Å². The molecule has 0 spiro atoms. The second-order valence-corrected chi connectivity index (χ2v) is 6.67. The molecular weight excluding hydrogens is 399 g/mol. The van der Waals surface area contributed by atoms with Gasteiger partial charge in [-0.3, -0.25) is 9.89 Å². The van der Waals surface area contributed by atoms with Gasteiger partial charge < -0.3 is 11.1 Å². The van der Waals surface area contributed by atoms with Crippen molar-refractivity contribution in [3.8, 4) is 0 Å². The molecule has 1 aromatic rings. The zero-order chi connectivity index (χ0) is 16.6. The summed E-state index contributed by atoms with van der Waals surface area (Å²) < 4.78 is 0. The fourth-order valence-corrected chi connectivity index (χ4v) is 2.56. The lowest BCUT2D eigenvalue weighted by atomic mass is 10.0. The van der Waals surface area contributed by atoms with Crippen molar-refractivity contribution in [3.63, 3.8) is 0 Å². The summed E-state index contributed by atoms with van der Waals surface area (Å²) in [6, 6.07) is 11.0. The number of halogens is 1. The quantitative estimate of drug-likeness (QED) is 0.395. The van der Waals surface area contributed by atoms with Crippen LogP contribution in [0.3, 0.4) is 0 Å². The van der Waals surface area contributed by atoms with Gasteiger partial charge in [0.05, 0.1) is 6.54 Å². The van der Waals surface area contributed by atoms with Crippen LogP contribution in [-0.2, 0) is 6.42 Å². The molecule has 0 fully saturated rings. The number of rotatable bonds is 7. The van der Waals surface area contributed by atoms with Crippen LogP contribution >= 0.6 is 24.0 Å². The van der Waals surface area contributed by atoms with Crippen molar-refractivity contribution in [2.45, 2.75) is 52.6 Å². The van der Waals surface area contributed by atoms with Crippen molar-refractivity contribution < 1.29 is 0 Å². The third kappa shape index (κ3) is 9.15. The first-order valence-electron chi connectivity index (χ1n) is 8.21. The second kappa shape index (κ2) is 10.9. The Morgan fingerprint density at radius 1 is 1.17 bits per heavy atom. The summed E-state index contributed by atoms with van der Waals surface area (Å²) in [6.07, 6.45) is 0.995. The molecule has 0 aromatic heterocycles. The van der Waals surface area contributed by atoms with Crippen molar-refractivity contribution >= 4 is 29.9 Å². The molecule has 132 valence electrons. The van der Waals surface area contributed by atoms with Gasteiger partial charge in [-0.05, 0) is 45.8 Å². The summed E-state index contributed by atoms with van der Waals surface area (Å²) in [5.41, 5.74) is 7.29. The highest BCUT2D eigenvalue weighted by molar-refractivity contribution is 14.0. The number of hydrogen-bond donors (Lipinski definition) is 2. The molecule has 4 nitrogen and oxygen atoms in total. The van der Waals surface area contributed by atoms with Gasteiger partial charge in [0, 0.05) is 11.6 Å². The van der Waals surface area contributed by atoms with E-state index in [0.29, 0.717) is 18.5 Å². The summed E-state index contributed by atoms with van der Waals surface area (Å²) in [7, 11) is 0. The molecule has 23 heavy (non-hydrogen) atoms. The smallest absolute Gasteiger partial charge is 0.189 e. The van der Waals surface area contributed by atoms with E-state index < -0.39 is 0 Å². The van der Waals surface area contributed by atoms with Gasteiger partial charge >= 0.3 is 0 Å². The standard InChI is InChI=1S/C18H32N4.HI/c1-6-22(7-2)16(13-15-11-9-8-10-12-15)14-20-17(19)21-18(3,4)5;/h8-12,16H,6-7,13-14H2,1-5H3,(H3,19,20,21);1H. The molecule has 1 rings (SSSR count). The highest BCUT2D eigenvalue weighted by atomic mass is 127. The second-order valence-electron chi connectivity index (χ2n) is 6.67. The molecular formula is C18H33IN4. The minimum atomic E-state index is -0.0578. The van der Waals surface area contributed by atoms with Gasteiger partial charge in [0.2, 0.25) is 0 Å². The average molecular weight is 432 g/mol. The van der Waals surface area contributed by atoms with Crippen LogP contribution in [0.1, 0.15) is 40.2 Å². The van der Waals surface area contributed by atoms with Crippen molar-refractivity contribution in [1.82, 2.24) is 10.2 Å². The number of nitrogens with two attached hydrogens (primary N) is 1. The van der Waals surface area contributed by atoms with Crippen LogP contribution in [0.5, 0.6) is 0 Å². The molecule has 1 unspecified atom stereocenters. The predicted molar refractivity (Wildman–Crippen MR) is 112 cm³/mol. The first kappa shape index (κ1) is 22.2. The van der Waals surface area contributed by atoms with Crippen molar-refractivity contribution in [3.05, 3.63) is 35.9 Å². The number of guanidine groups is 1. The molecule has 0 radical (unpaired) electrons. The molecule has 5 heteroatoms. The lowest BCUT2D eigenvalue weighted by molar-refractivity contribution is 0.220. The minimum Gasteiger partial charge on any atom is -0.370 e. The van der Waals surface area contributed by atoms with E-state index in [0.717, 1.165) is 19.5 Å². The number of nitrogens with zero attached hydrogens (tertiary/aromatic N) is 2. The van der Waals surface area contributed by atoms with Gasteiger partial charge in [-0.1, -0.05) is 44.2 Å². The first-order chi connectivity index (χ1) is 10.4. The molecule has 0 saturated heterocycles. The SMILES string of the molecule is CCN(CC)C(CN=C(N)NC(C)(C)C)Cc1ccccc1.I. The largest absolute Gasteiger partial charge is 0.370 e. The van der Waals surface area contributed by atoms with E-state index in [9.17, 15) is 0 Å². The van der Waals surface area contributed by atoms with Crippen LogP contribution in [-0.4, -0.2) is 42.1 Å². The van der Waals surface area contributed by atoms with Crippen molar-refractivity contribution in [1.29, 1.82) is 0 Å². The number of benzene rings is 1. The van der Waals surface area contributed by atoms with Gasteiger partial charge in [-0.15, -0.1) is 24.0 Å². The lowest BCUT2D eigenvalue weighted by Gasteiger charge is -2.29. The highest BCUT2D eigenvalue weighted by Crippen LogP contribution is 2.10. The molecule has 0 heterocycles. The Labute approximate surface area is 158 Å². The highest BCUT2D eigenvalue weighted by Gasteiger charge is 2.17. The van der Waals surface area contributed by atoms with Gasteiger partial charge in [-0.25, -0.2) is 0 Å². The topological polar surface area (TPSA) is 53.6 Å². The van der Waals surface area contributed by atoms with E-state index in [-0.39, 0.29) is 29.5 Å². The van der Waals surface area contributed by atoms with E-state index in [1.807, 2.05) is 0 Å². The Kier molecular flexibility index (Phi) is 10.5. The minimum absolute atomic E-state index is 0. The Bertz CT molecular complexity index is 450. The summed E-state index contributed by atoms with van der Waals surface area (Å²) in [4.78, 5) is 7.01. The fraction of sp³-hybridized carbons (Fsp3) is 0.611. The molecule has 0 aliphatic rings. The number of nitrogens with one attached hydrogen (secondary N) is 1. The fourth-order valence-electron chi connectivity index (χ4n) is 2.56. The van der Waals surface area contributed by atoms with E-state index in [1.54, 1.807) is 0 Å². The Morgan fingerprint density at radius 3 is 2.22 bits per heavy atom. The maximum atomic E-state index is 6.00. The molecule has 0 saturated carbocycles. The third-order valence-electron chi connectivity index (χ3n) is 3.62. The van der Waals surface area contributed by atoms with Crippen LogP contribution in [0, 0.1) is 0 Å². The molecule has 1 atom stereocenters. The van der Waals surface area contributed by atoms with Crippen LogP contribution < -0.4 is 11.1 Å². The normalized spacial score (nSPS) is 13.6. The lowest BCUT2D eigenvalue weighted by Crippen LogP contribution is -2.46. The van der Waals surface area contributed by atoms with Crippen LogP contribution in [0.2, 0.25) is 0 Å². The Balaban J connectivity index is 0.00000484. The zero-order valence-electron chi connectivity index (χ0n) is 15.2. The molecule has 0 amide bonds. The molecule has 0 bridgehead atoms. The Hall–Kier alpha value is -0.820. The van der Waals surface area contributed by atoms with Gasteiger partial charge in [0.25, 0.3) is 0 Å². The first-order valence-corrected chi connectivity index (χ1v) is 8.21. The van der Waals surface area contributed by atoms with Crippen molar-refractivity contribution in [2.24, 2.45) is 10.7 Å². The third-order valence-corrected chi connectivity index (χ3v) is 3.62. The maximum Gasteiger partial charge on any atom is 0.189 e. The monoisotopic (exact) mass is 432 g/mol. The van der Waals surface area contributed by atoms with Gasteiger partial charge in [-0.2, -0.15) is 0 Å². The van der Waals surface area contributed by atoms with Crippen LogP contribution in [0.25, 0.3) is 0 Å². The molecule has 0 aliphatic carbocycles. The average Bonchev–Trinajstić information content (AvgIpc) is 2.45. The molecule has 0 aliphatic heterocycles. The zero-order valence-corrected chi connectivity index (χ0v) is 17.5. The van der Waals surface area contributed by atoms with E-state index in [4.69, 9.17) is 5.73 Å². The summed E-state index contributed by atoms with van der Waals surface area (Å²) in [5.74, 6) is 0.526. The van der Waals surface area contributed by atoms with E-state index >= 15 is 0 Å². The van der Waals surface area contributed by atoms with Crippen LogP contribution in [0.15, 0.2) is 35.3 Å². The Morgan fingerprint density at radius 2 is 1.74 bits per heavy atom. The number of likely N-dealkylation sites (N-methyl/N-ethyl adjacent to an activating group) is 1. The van der Waals surface area contributed by atoms with Gasteiger partial charge in [0.15, 0.2) is 5.96 Å². The number of aliphatic imine (C=N–C) groups is 1. The molecule has 3 N–H and O–H groups in total. The summed E-state index contributed by atoms with van der Waals surface area (Å²) in [6.45, 7) is 13.4. The molecule has 1 aromatic carbocycles. The number of hydrogen-bond acceptors (Lipinski definition) is 2. The summed E-state index contributed by atoms with van der Waals surface area (Å²) in [5, 5.41) is 3.22. The van der Waals surface area contributed by atoms with E-state index in [1.165, 1.54) is 5.56 Å². The van der Waals surface area contributed by atoms with Crippen LogP contribution in [0.4, 0.5) is 0 Å². The van der Waals surface area contributed by atoms with E-state index in [2.05, 4.69) is 80.2 Å².